The first-order chi connectivity index (χ1) is 13.3. The van der Waals surface area contributed by atoms with Crippen LogP contribution in [0.25, 0.3) is 0 Å². The number of rotatable bonds is 18. The van der Waals surface area contributed by atoms with Crippen molar-refractivity contribution in [2.45, 2.75) is 129 Å². The topological polar surface area (TPSA) is 0 Å². The summed E-state index contributed by atoms with van der Waals surface area (Å²) in [6, 6.07) is 16.4. The van der Waals surface area contributed by atoms with Crippen molar-refractivity contribution in [1.29, 1.82) is 0 Å². The van der Waals surface area contributed by atoms with Crippen molar-refractivity contribution < 1.29 is 0 Å². The third-order valence-electron chi connectivity index (χ3n) is 6.41. The van der Waals surface area contributed by atoms with E-state index in [0.29, 0.717) is 0 Å². The van der Waals surface area contributed by atoms with Crippen molar-refractivity contribution in [1.82, 2.24) is 0 Å². The summed E-state index contributed by atoms with van der Waals surface area (Å²) in [5, 5.41) is 1.77. The Morgan fingerprint density at radius 2 is 0.852 bits per heavy atom. The van der Waals surface area contributed by atoms with Gasteiger partial charge in [0.1, 0.15) is 0 Å². The van der Waals surface area contributed by atoms with E-state index >= 15 is 0 Å². The van der Waals surface area contributed by atoms with Crippen molar-refractivity contribution in [2.24, 2.45) is 0 Å². The number of hydrogen-bond acceptors (Lipinski definition) is 0. The first-order valence-electron chi connectivity index (χ1n) is 12.3. The van der Waals surface area contributed by atoms with E-state index in [0.717, 1.165) is 0 Å². The van der Waals surface area contributed by atoms with E-state index in [2.05, 4.69) is 51.1 Å². The molecule has 0 unspecified atom stereocenters. The fourth-order valence-electron chi connectivity index (χ4n) is 4.62. The van der Waals surface area contributed by atoms with Gasteiger partial charge in [-0.2, -0.15) is 0 Å². The van der Waals surface area contributed by atoms with Crippen LogP contribution in [0, 0.1) is 0 Å². The monoisotopic (exact) mass is 388 g/mol. The third kappa shape index (κ3) is 10.5. The lowest BCUT2D eigenvalue weighted by atomic mass is 10.1. The highest BCUT2D eigenvalue weighted by molar-refractivity contribution is 6.91. The van der Waals surface area contributed by atoms with Crippen LogP contribution in [0.3, 0.4) is 0 Å². The van der Waals surface area contributed by atoms with Crippen molar-refractivity contribution in [2.75, 3.05) is 0 Å². The fraction of sp³-hybridized carbons (Fsp3) is 0.769. The van der Waals surface area contributed by atoms with Gasteiger partial charge < -0.3 is 0 Å². The highest BCUT2D eigenvalue weighted by Gasteiger charge is 2.33. The maximum atomic E-state index is 2.49. The van der Waals surface area contributed by atoms with Crippen LogP contribution in [-0.4, -0.2) is 8.07 Å². The first kappa shape index (κ1) is 24.5. The average molecular weight is 389 g/mol. The summed E-state index contributed by atoms with van der Waals surface area (Å²) >= 11 is 0. The van der Waals surface area contributed by atoms with E-state index in [1.807, 2.05) is 0 Å². The zero-order valence-corrected chi connectivity index (χ0v) is 19.9. The lowest BCUT2D eigenvalue weighted by Crippen LogP contribution is -2.47. The van der Waals surface area contributed by atoms with Crippen molar-refractivity contribution in [3.63, 3.8) is 0 Å². The molecule has 27 heavy (non-hydrogen) atoms. The minimum Gasteiger partial charge on any atom is -0.0654 e. The molecule has 1 rings (SSSR count). The molecular formula is C26H48Si. The molecule has 0 N–H and O–H groups in total. The molecule has 0 nitrogen and oxygen atoms in total. The Labute approximate surface area is 172 Å². The molecule has 0 heterocycles. The molecule has 0 aliphatic heterocycles. The zero-order chi connectivity index (χ0) is 19.6. The van der Waals surface area contributed by atoms with Crippen LogP contribution < -0.4 is 5.19 Å². The maximum absolute atomic E-state index is 2.49. The van der Waals surface area contributed by atoms with Crippen molar-refractivity contribution in [3.05, 3.63) is 30.3 Å². The van der Waals surface area contributed by atoms with Crippen LogP contribution in [0.5, 0.6) is 0 Å². The second-order valence-electron chi connectivity index (χ2n) is 8.79. The average Bonchev–Trinajstić information content (AvgIpc) is 2.71. The molecule has 0 aromatic heterocycles. The van der Waals surface area contributed by atoms with Gasteiger partial charge in [0.2, 0.25) is 0 Å². The van der Waals surface area contributed by atoms with E-state index in [-0.39, 0.29) is 0 Å². The summed E-state index contributed by atoms with van der Waals surface area (Å²) in [6.45, 7) is 6.99. The van der Waals surface area contributed by atoms with Crippen molar-refractivity contribution >= 4 is 13.3 Å². The molecule has 1 aromatic carbocycles. The van der Waals surface area contributed by atoms with Crippen LogP contribution >= 0.6 is 0 Å². The molecule has 0 amide bonds. The Hall–Kier alpha value is -0.563. The SMILES string of the molecule is CCCCCCCC[Si](CCCCCC)(CCCCCC)c1ccccc1. The van der Waals surface area contributed by atoms with Gasteiger partial charge in [0.25, 0.3) is 0 Å². The van der Waals surface area contributed by atoms with Crippen LogP contribution in [0.1, 0.15) is 111 Å². The maximum Gasteiger partial charge on any atom is 0.0867 e. The molecule has 156 valence electrons. The molecule has 0 saturated heterocycles. The summed E-state index contributed by atoms with van der Waals surface area (Å²) in [6.07, 6.45) is 20.0. The highest BCUT2D eigenvalue weighted by Crippen LogP contribution is 2.30. The van der Waals surface area contributed by atoms with Gasteiger partial charge in [0, 0.05) is 0 Å². The molecule has 0 fully saturated rings. The van der Waals surface area contributed by atoms with Crippen molar-refractivity contribution in [3.8, 4) is 0 Å². The lowest BCUT2D eigenvalue weighted by Gasteiger charge is -2.33. The standard InChI is InChI=1S/C26H48Si/c1-4-7-10-13-14-20-25-27(23-18-11-8-5-2,24-19-12-9-6-3)26-21-16-15-17-22-26/h15-17,21-22H,4-14,18-20,23-25H2,1-3H3. The summed E-state index contributed by atoms with van der Waals surface area (Å²) in [5.41, 5.74) is 0. The lowest BCUT2D eigenvalue weighted by molar-refractivity contribution is 0.619. The molecule has 0 aliphatic carbocycles. The van der Waals surface area contributed by atoms with E-state index in [9.17, 15) is 0 Å². The van der Waals surface area contributed by atoms with Gasteiger partial charge in [-0.1, -0.05) is 164 Å². The van der Waals surface area contributed by atoms with Gasteiger partial charge in [0.15, 0.2) is 0 Å². The van der Waals surface area contributed by atoms with Gasteiger partial charge in [-0.3, -0.25) is 0 Å². The zero-order valence-electron chi connectivity index (χ0n) is 18.9. The van der Waals surface area contributed by atoms with Gasteiger partial charge in [-0.05, 0) is 0 Å². The molecule has 0 spiro atoms. The second kappa shape index (κ2) is 16.4. The predicted octanol–water partition coefficient (Wildman–Crippen LogP) is 8.86. The molecule has 0 saturated carbocycles. The van der Waals surface area contributed by atoms with Crippen LogP contribution in [0.15, 0.2) is 30.3 Å². The van der Waals surface area contributed by atoms with E-state index < -0.39 is 8.07 Å². The highest BCUT2D eigenvalue weighted by atomic mass is 28.3. The third-order valence-corrected chi connectivity index (χ3v) is 11.9. The van der Waals surface area contributed by atoms with Crippen LogP contribution in [0.2, 0.25) is 18.1 Å². The minimum absolute atomic E-state index is 1.34. The van der Waals surface area contributed by atoms with Gasteiger partial charge >= 0.3 is 0 Å². The molecular weight excluding hydrogens is 340 g/mol. The Morgan fingerprint density at radius 1 is 0.481 bits per heavy atom. The van der Waals surface area contributed by atoms with Gasteiger partial charge in [-0.25, -0.2) is 0 Å². The summed E-state index contributed by atoms with van der Waals surface area (Å²) in [4.78, 5) is 0. The molecule has 0 aliphatic rings. The molecule has 1 aromatic rings. The second-order valence-corrected chi connectivity index (χ2v) is 13.4. The summed E-state index contributed by atoms with van der Waals surface area (Å²) in [5.74, 6) is 0. The number of hydrogen-bond donors (Lipinski definition) is 0. The molecule has 1 heteroatoms. The van der Waals surface area contributed by atoms with Crippen LogP contribution in [0.4, 0.5) is 0 Å². The quantitative estimate of drug-likeness (QED) is 0.174. The molecule has 0 radical (unpaired) electrons. The minimum atomic E-state index is -1.34. The van der Waals surface area contributed by atoms with Gasteiger partial charge in [0.05, 0.1) is 8.07 Å². The fourth-order valence-corrected chi connectivity index (χ4v) is 9.92. The Morgan fingerprint density at radius 3 is 1.30 bits per heavy atom. The summed E-state index contributed by atoms with van der Waals surface area (Å²) in [7, 11) is -1.34. The number of unbranched alkanes of at least 4 members (excludes halogenated alkanes) is 11. The Balaban J connectivity index is 2.75. The van der Waals surface area contributed by atoms with Crippen LogP contribution in [-0.2, 0) is 0 Å². The Kier molecular flexibility index (Phi) is 14.9. The van der Waals surface area contributed by atoms with E-state index in [1.165, 1.54) is 102 Å². The Bertz CT molecular complexity index is 413. The normalized spacial score (nSPS) is 11.8. The van der Waals surface area contributed by atoms with Gasteiger partial charge in [-0.15, -0.1) is 0 Å². The molecule has 0 atom stereocenters. The van der Waals surface area contributed by atoms with E-state index in [4.69, 9.17) is 0 Å². The smallest absolute Gasteiger partial charge is 0.0654 e. The number of benzene rings is 1. The predicted molar refractivity (Wildman–Crippen MR) is 128 cm³/mol. The van der Waals surface area contributed by atoms with E-state index in [1.54, 1.807) is 11.2 Å². The largest absolute Gasteiger partial charge is 0.0867 e. The summed E-state index contributed by atoms with van der Waals surface area (Å²) < 4.78 is 0. The first-order valence-corrected chi connectivity index (χ1v) is 15.0. The molecule has 0 bridgehead atoms.